The van der Waals surface area contributed by atoms with Crippen LogP contribution in [0.5, 0.6) is 5.75 Å². The van der Waals surface area contributed by atoms with Gasteiger partial charge in [0.1, 0.15) is 5.75 Å². The molecule has 1 aromatic carbocycles. The number of benzene rings is 1. The Labute approximate surface area is 115 Å². The Balaban J connectivity index is 2.64. The summed E-state index contributed by atoms with van der Waals surface area (Å²) in [6, 6.07) is 3.44. The minimum absolute atomic E-state index is 0.361. The number of ether oxygens (including phenoxy) is 1. The molecule has 2 heterocycles. The van der Waals surface area contributed by atoms with Gasteiger partial charge < -0.3 is 9.15 Å². The Morgan fingerprint density at radius 1 is 1.25 bits per heavy atom. The maximum Gasteiger partial charge on any atom is 0.423 e. The van der Waals surface area contributed by atoms with Gasteiger partial charge in [-0.1, -0.05) is 6.08 Å². The molecular weight excluding hydrogens is 258 g/mol. The van der Waals surface area contributed by atoms with Gasteiger partial charge in [-0.2, -0.15) is 0 Å². The second-order valence-corrected chi connectivity index (χ2v) is 5.54. The van der Waals surface area contributed by atoms with Crippen molar-refractivity contribution in [2.45, 2.75) is 26.3 Å². The SMILES string of the molecule is COc1cc2c3c(c1)c(=O)oc(=O)n3C(C)(C)C=C2C. The lowest BCUT2D eigenvalue weighted by atomic mass is 9.91. The monoisotopic (exact) mass is 273 g/mol. The minimum Gasteiger partial charge on any atom is -0.497 e. The number of methoxy groups -OCH3 is 1. The van der Waals surface area contributed by atoms with Gasteiger partial charge in [0.25, 0.3) is 0 Å². The van der Waals surface area contributed by atoms with E-state index in [2.05, 4.69) is 0 Å². The molecule has 0 amide bonds. The van der Waals surface area contributed by atoms with E-state index in [1.54, 1.807) is 6.07 Å². The molecule has 3 rings (SSSR count). The van der Waals surface area contributed by atoms with Gasteiger partial charge in [0.2, 0.25) is 0 Å². The van der Waals surface area contributed by atoms with Gasteiger partial charge in [0, 0.05) is 5.56 Å². The normalized spacial score (nSPS) is 16.1. The van der Waals surface area contributed by atoms with Crippen molar-refractivity contribution < 1.29 is 9.15 Å². The van der Waals surface area contributed by atoms with E-state index in [-0.39, 0.29) is 0 Å². The van der Waals surface area contributed by atoms with Crippen LogP contribution in [0, 0.1) is 0 Å². The van der Waals surface area contributed by atoms with Crippen LogP contribution in [0.25, 0.3) is 16.5 Å². The Kier molecular flexibility index (Phi) is 2.45. The highest BCUT2D eigenvalue weighted by Gasteiger charge is 2.30. The fourth-order valence-electron chi connectivity index (χ4n) is 2.89. The molecule has 1 aromatic heterocycles. The van der Waals surface area contributed by atoms with Crippen LogP contribution in [0.1, 0.15) is 26.3 Å². The van der Waals surface area contributed by atoms with Crippen LogP contribution in [0.3, 0.4) is 0 Å². The van der Waals surface area contributed by atoms with Crippen molar-refractivity contribution in [3.05, 3.63) is 44.7 Å². The number of allylic oxidation sites excluding steroid dienone is 2. The lowest BCUT2D eigenvalue weighted by Crippen LogP contribution is -2.39. The second kappa shape index (κ2) is 3.85. The van der Waals surface area contributed by atoms with Gasteiger partial charge in [-0.25, -0.2) is 9.59 Å². The number of hydrogen-bond donors (Lipinski definition) is 0. The molecule has 0 saturated heterocycles. The van der Waals surface area contributed by atoms with Crippen LogP contribution in [0.15, 0.2) is 32.2 Å². The van der Waals surface area contributed by atoms with Crippen molar-refractivity contribution in [3.8, 4) is 5.75 Å². The Hall–Kier alpha value is -2.30. The Morgan fingerprint density at radius 3 is 2.60 bits per heavy atom. The Morgan fingerprint density at radius 2 is 1.95 bits per heavy atom. The summed E-state index contributed by atoms with van der Waals surface area (Å²) in [5.74, 6) is -0.0693. The highest BCUT2D eigenvalue weighted by atomic mass is 16.5. The summed E-state index contributed by atoms with van der Waals surface area (Å²) in [6.07, 6.45) is 1.98. The third kappa shape index (κ3) is 1.56. The van der Waals surface area contributed by atoms with Crippen molar-refractivity contribution in [3.63, 3.8) is 0 Å². The summed E-state index contributed by atoms with van der Waals surface area (Å²) in [6.45, 7) is 5.77. The lowest BCUT2D eigenvalue weighted by Gasteiger charge is -2.31. The fraction of sp³-hybridized carbons (Fsp3) is 0.333. The van der Waals surface area contributed by atoms with Crippen LogP contribution < -0.4 is 16.1 Å². The number of rotatable bonds is 1. The summed E-state index contributed by atoms with van der Waals surface area (Å²) in [7, 11) is 1.54. The van der Waals surface area contributed by atoms with Crippen LogP contribution in [0.4, 0.5) is 0 Å². The predicted molar refractivity (Wildman–Crippen MR) is 76.3 cm³/mol. The summed E-state index contributed by atoms with van der Waals surface area (Å²) in [5.41, 5.74) is 1.26. The van der Waals surface area contributed by atoms with Gasteiger partial charge in [-0.05, 0) is 38.5 Å². The first-order valence-corrected chi connectivity index (χ1v) is 6.33. The summed E-state index contributed by atoms with van der Waals surface area (Å²) < 4.78 is 11.6. The molecule has 20 heavy (non-hydrogen) atoms. The van der Waals surface area contributed by atoms with Crippen LogP contribution in [-0.2, 0) is 5.54 Å². The van der Waals surface area contributed by atoms with E-state index in [1.807, 2.05) is 32.9 Å². The highest BCUT2D eigenvalue weighted by Crippen LogP contribution is 2.36. The van der Waals surface area contributed by atoms with E-state index in [1.165, 1.54) is 11.7 Å². The smallest absolute Gasteiger partial charge is 0.423 e. The van der Waals surface area contributed by atoms with Crippen molar-refractivity contribution in [1.82, 2.24) is 4.57 Å². The Bertz CT molecular complexity index is 868. The van der Waals surface area contributed by atoms with E-state index in [0.717, 1.165) is 11.1 Å². The molecule has 0 unspecified atom stereocenters. The first-order valence-electron chi connectivity index (χ1n) is 6.33. The van der Waals surface area contributed by atoms with E-state index in [9.17, 15) is 9.59 Å². The first-order chi connectivity index (χ1) is 9.35. The van der Waals surface area contributed by atoms with Gasteiger partial charge in [-0.15, -0.1) is 0 Å². The fourth-order valence-corrected chi connectivity index (χ4v) is 2.89. The van der Waals surface area contributed by atoms with E-state index in [0.29, 0.717) is 16.7 Å². The third-order valence-electron chi connectivity index (χ3n) is 3.70. The molecule has 5 nitrogen and oxygen atoms in total. The molecule has 0 N–H and O–H groups in total. The topological polar surface area (TPSA) is 61.4 Å². The van der Waals surface area contributed by atoms with Crippen LogP contribution in [0.2, 0.25) is 0 Å². The maximum atomic E-state index is 12.1. The molecule has 5 heteroatoms. The maximum absolute atomic E-state index is 12.1. The molecule has 0 bridgehead atoms. The minimum atomic E-state index is -0.636. The second-order valence-electron chi connectivity index (χ2n) is 5.54. The lowest BCUT2D eigenvalue weighted by molar-refractivity contribution is 0.349. The van der Waals surface area contributed by atoms with Gasteiger partial charge >= 0.3 is 11.4 Å². The standard InChI is InChI=1S/C15H15NO4/c1-8-7-15(2,3)16-12-10(8)5-9(19-4)6-11(12)13(17)20-14(16)18/h5-7H,1-4H3. The van der Waals surface area contributed by atoms with E-state index in [4.69, 9.17) is 9.15 Å². The average molecular weight is 273 g/mol. The van der Waals surface area contributed by atoms with Gasteiger partial charge in [0.15, 0.2) is 0 Å². The summed E-state index contributed by atoms with van der Waals surface area (Å²) in [5, 5.41) is 0.361. The van der Waals surface area contributed by atoms with Crippen molar-refractivity contribution >= 4 is 16.5 Å². The first kappa shape index (κ1) is 12.7. The molecule has 0 aliphatic carbocycles. The zero-order valence-electron chi connectivity index (χ0n) is 11.8. The van der Waals surface area contributed by atoms with Crippen molar-refractivity contribution in [2.24, 2.45) is 0 Å². The molecular formula is C15H15NO4. The van der Waals surface area contributed by atoms with E-state index >= 15 is 0 Å². The molecule has 0 fully saturated rings. The molecule has 104 valence electrons. The zero-order chi connectivity index (χ0) is 14.7. The van der Waals surface area contributed by atoms with Gasteiger partial charge in [-0.3, -0.25) is 4.57 Å². The molecule has 2 aromatic rings. The van der Waals surface area contributed by atoms with Crippen molar-refractivity contribution in [1.29, 1.82) is 0 Å². The quantitative estimate of drug-likeness (QED) is 0.798. The third-order valence-corrected chi connectivity index (χ3v) is 3.70. The van der Waals surface area contributed by atoms with E-state index < -0.39 is 16.9 Å². The highest BCUT2D eigenvalue weighted by molar-refractivity contribution is 5.93. The molecule has 0 spiro atoms. The summed E-state index contributed by atoms with van der Waals surface area (Å²) >= 11 is 0. The molecule has 0 radical (unpaired) electrons. The molecule has 1 aliphatic heterocycles. The predicted octanol–water partition coefficient (Wildman–Crippen LogP) is 2.12. The molecule has 1 aliphatic rings. The molecule has 0 saturated carbocycles. The van der Waals surface area contributed by atoms with Crippen molar-refractivity contribution in [2.75, 3.05) is 7.11 Å². The zero-order valence-corrected chi connectivity index (χ0v) is 11.8. The molecule has 0 atom stereocenters. The number of hydrogen-bond acceptors (Lipinski definition) is 4. The number of aromatic nitrogens is 1. The average Bonchev–Trinajstić information content (AvgIpc) is 2.35. The van der Waals surface area contributed by atoms with Crippen LogP contribution in [-0.4, -0.2) is 11.7 Å². The van der Waals surface area contributed by atoms with Crippen LogP contribution >= 0.6 is 0 Å². The summed E-state index contributed by atoms with van der Waals surface area (Å²) in [4.78, 5) is 24.1. The number of nitrogens with zero attached hydrogens (tertiary/aromatic N) is 1. The van der Waals surface area contributed by atoms with Gasteiger partial charge in [0.05, 0.1) is 23.6 Å². The largest absolute Gasteiger partial charge is 0.497 e.